The van der Waals surface area contributed by atoms with Gasteiger partial charge in [0.15, 0.2) is 0 Å². The molecule has 0 aliphatic rings. The molecule has 1 aromatic heterocycles. The van der Waals surface area contributed by atoms with Crippen molar-refractivity contribution >= 4 is 34.5 Å². The van der Waals surface area contributed by atoms with Gasteiger partial charge in [0.05, 0.1) is 0 Å². The maximum absolute atomic E-state index is 11.5. The molecule has 0 spiro atoms. The summed E-state index contributed by atoms with van der Waals surface area (Å²) < 4.78 is 5.81. The smallest absolute Gasteiger partial charge is 0.413 e. The maximum atomic E-state index is 11.5. The Morgan fingerprint density at radius 2 is 2.06 bits per heavy atom. The molecule has 2 rings (SSSR count). The molecule has 1 amide bonds. The van der Waals surface area contributed by atoms with Gasteiger partial charge in [0.25, 0.3) is 0 Å². The fourth-order valence-corrected chi connectivity index (χ4v) is 1.69. The van der Waals surface area contributed by atoms with E-state index >= 15 is 0 Å². The number of benzene rings is 1. The van der Waals surface area contributed by atoms with E-state index in [0.29, 0.717) is 5.82 Å². The Bertz CT molecular complexity index is 534. The zero-order chi connectivity index (χ0) is 12.8. The number of halogens is 1. The van der Waals surface area contributed by atoms with Gasteiger partial charge in [-0.2, -0.15) is 0 Å². The normalized spacial score (nSPS) is 9.83. The summed E-state index contributed by atoms with van der Waals surface area (Å²) in [6, 6.07) is 11.1. The third-order valence-corrected chi connectivity index (χ3v) is 2.67. The molecular weight excluding hydrogens is 345 g/mol. The predicted molar refractivity (Wildman–Crippen MR) is 75.0 cm³/mol. The number of carbonyl (C=O) groups excluding carboxylic acids is 1. The number of ether oxygens (including phenoxy) is 1. The SMILES string of the molecule is O=C(Nc1cc(I)ncn1)OCc1ccccc1. The summed E-state index contributed by atoms with van der Waals surface area (Å²) in [6.45, 7) is 0.231. The van der Waals surface area contributed by atoms with Crippen LogP contribution in [0.1, 0.15) is 5.56 Å². The molecule has 0 unspecified atom stereocenters. The predicted octanol–water partition coefficient (Wildman–Crippen LogP) is 2.83. The molecule has 1 heterocycles. The summed E-state index contributed by atoms with van der Waals surface area (Å²) in [4.78, 5) is 19.3. The van der Waals surface area contributed by atoms with Crippen molar-refractivity contribution in [3.63, 3.8) is 0 Å². The Labute approximate surface area is 118 Å². The molecule has 0 fully saturated rings. The number of rotatable bonds is 3. The van der Waals surface area contributed by atoms with Crippen molar-refractivity contribution < 1.29 is 9.53 Å². The van der Waals surface area contributed by atoms with E-state index in [9.17, 15) is 4.79 Å². The van der Waals surface area contributed by atoms with E-state index < -0.39 is 6.09 Å². The molecule has 0 aliphatic heterocycles. The molecule has 0 saturated carbocycles. The van der Waals surface area contributed by atoms with Gasteiger partial charge >= 0.3 is 6.09 Å². The number of hydrogen-bond acceptors (Lipinski definition) is 4. The topological polar surface area (TPSA) is 64.1 Å². The summed E-state index contributed by atoms with van der Waals surface area (Å²) in [6.07, 6.45) is 0.850. The van der Waals surface area contributed by atoms with E-state index in [1.165, 1.54) is 6.33 Å². The molecule has 1 aromatic carbocycles. The lowest BCUT2D eigenvalue weighted by molar-refractivity contribution is 0.155. The molecule has 6 heteroatoms. The third kappa shape index (κ3) is 3.95. The number of anilines is 1. The molecule has 5 nitrogen and oxygen atoms in total. The molecule has 18 heavy (non-hydrogen) atoms. The Balaban J connectivity index is 1.86. The van der Waals surface area contributed by atoms with Crippen LogP contribution in [0.5, 0.6) is 0 Å². The highest BCUT2D eigenvalue weighted by Crippen LogP contribution is 2.07. The molecular formula is C12H10IN3O2. The van der Waals surface area contributed by atoms with Crippen LogP contribution in [0.4, 0.5) is 10.6 Å². The number of nitrogens with zero attached hydrogens (tertiary/aromatic N) is 2. The number of hydrogen-bond donors (Lipinski definition) is 1. The maximum Gasteiger partial charge on any atom is 0.413 e. The van der Waals surface area contributed by atoms with Crippen LogP contribution >= 0.6 is 22.6 Å². The molecule has 0 radical (unpaired) electrons. The summed E-state index contributed by atoms with van der Waals surface area (Å²) in [7, 11) is 0. The Hall–Kier alpha value is -1.70. The van der Waals surface area contributed by atoms with Crippen LogP contribution in [-0.4, -0.2) is 16.1 Å². The van der Waals surface area contributed by atoms with Crippen LogP contribution in [-0.2, 0) is 11.3 Å². The first-order chi connectivity index (χ1) is 8.74. The quantitative estimate of drug-likeness (QED) is 0.679. The van der Waals surface area contributed by atoms with Crippen LogP contribution < -0.4 is 5.32 Å². The fraction of sp³-hybridized carbons (Fsp3) is 0.0833. The second-order valence-corrected chi connectivity index (χ2v) is 4.52. The van der Waals surface area contributed by atoms with Crippen LogP contribution in [0.25, 0.3) is 0 Å². The largest absolute Gasteiger partial charge is 0.444 e. The minimum absolute atomic E-state index is 0.231. The van der Waals surface area contributed by atoms with Gasteiger partial charge in [-0.1, -0.05) is 30.3 Å². The summed E-state index contributed by atoms with van der Waals surface area (Å²) in [5.41, 5.74) is 0.935. The van der Waals surface area contributed by atoms with E-state index in [0.717, 1.165) is 9.26 Å². The van der Waals surface area contributed by atoms with Crippen molar-refractivity contribution in [2.24, 2.45) is 0 Å². The van der Waals surface area contributed by atoms with Crippen molar-refractivity contribution in [1.82, 2.24) is 9.97 Å². The summed E-state index contributed by atoms with van der Waals surface area (Å²) in [5, 5.41) is 2.54. The van der Waals surface area contributed by atoms with E-state index in [4.69, 9.17) is 4.74 Å². The average Bonchev–Trinajstić information content (AvgIpc) is 2.38. The molecule has 92 valence electrons. The van der Waals surface area contributed by atoms with Crippen molar-refractivity contribution in [2.75, 3.05) is 5.32 Å². The summed E-state index contributed by atoms with van der Waals surface area (Å²) in [5.74, 6) is 0.424. The van der Waals surface area contributed by atoms with E-state index in [-0.39, 0.29) is 6.61 Å². The molecule has 0 atom stereocenters. The van der Waals surface area contributed by atoms with Crippen molar-refractivity contribution in [3.05, 3.63) is 52.0 Å². The first kappa shape index (κ1) is 12.7. The van der Waals surface area contributed by atoms with Gasteiger partial charge in [0.1, 0.15) is 22.5 Å². The summed E-state index contributed by atoms with van der Waals surface area (Å²) >= 11 is 2.04. The lowest BCUT2D eigenvalue weighted by atomic mass is 10.2. The van der Waals surface area contributed by atoms with Gasteiger partial charge in [-0.25, -0.2) is 14.8 Å². The molecule has 1 N–H and O–H groups in total. The average molecular weight is 355 g/mol. The van der Waals surface area contributed by atoms with Gasteiger partial charge in [-0.15, -0.1) is 0 Å². The van der Waals surface area contributed by atoms with Crippen LogP contribution in [0.2, 0.25) is 0 Å². The lowest BCUT2D eigenvalue weighted by Crippen LogP contribution is -2.14. The van der Waals surface area contributed by atoms with Gasteiger partial charge < -0.3 is 4.74 Å². The Kier molecular flexibility index (Phi) is 4.46. The van der Waals surface area contributed by atoms with Gasteiger partial charge in [0, 0.05) is 6.07 Å². The fourth-order valence-electron chi connectivity index (χ4n) is 1.27. The van der Waals surface area contributed by atoms with Gasteiger partial charge in [-0.05, 0) is 28.2 Å². The van der Waals surface area contributed by atoms with Crippen LogP contribution in [0.3, 0.4) is 0 Å². The highest BCUT2D eigenvalue weighted by Gasteiger charge is 2.04. The molecule has 0 aliphatic carbocycles. The molecule has 2 aromatic rings. The Morgan fingerprint density at radius 3 is 2.78 bits per heavy atom. The lowest BCUT2D eigenvalue weighted by Gasteiger charge is -2.06. The number of nitrogens with one attached hydrogen (secondary N) is 1. The van der Waals surface area contributed by atoms with E-state index in [1.807, 2.05) is 52.9 Å². The highest BCUT2D eigenvalue weighted by molar-refractivity contribution is 14.1. The zero-order valence-electron chi connectivity index (χ0n) is 9.34. The minimum Gasteiger partial charge on any atom is -0.444 e. The van der Waals surface area contributed by atoms with Crippen molar-refractivity contribution in [2.45, 2.75) is 6.61 Å². The molecule has 0 bridgehead atoms. The number of carbonyl (C=O) groups is 1. The van der Waals surface area contributed by atoms with E-state index in [2.05, 4.69) is 15.3 Å². The standard InChI is InChI=1S/C12H10IN3O2/c13-10-6-11(15-8-14-10)16-12(17)18-7-9-4-2-1-3-5-9/h1-6,8H,7H2,(H,14,15,16,17). The first-order valence-corrected chi connectivity index (χ1v) is 6.27. The van der Waals surface area contributed by atoms with Crippen molar-refractivity contribution in [3.8, 4) is 0 Å². The second-order valence-electron chi connectivity index (χ2n) is 3.41. The Morgan fingerprint density at radius 1 is 1.28 bits per heavy atom. The third-order valence-electron chi connectivity index (χ3n) is 2.08. The van der Waals surface area contributed by atoms with Crippen LogP contribution in [0, 0.1) is 3.70 Å². The number of aromatic nitrogens is 2. The number of amides is 1. The zero-order valence-corrected chi connectivity index (χ0v) is 11.5. The highest BCUT2D eigenvalue weighted by atomic mass is 127. The minimum atomic E-state index is -0.534. The van der Waals surface area contributed by atoms with Crippen LogP contribution in [0.15, 0.2) is 42.7 Å². The van der Waals surface area contributed by atoms with E-state index in [1.54, 1.807) is 6.07 Å². The van der Waals surface area contributed by atoms with Gasteiger partial charge in [0.2, 0.25) is 0 Å². The van der Waals surface area contributed by atoms with Gasteiger partial charge in [-0.3, -0.25) is 5.32 Å². The monoisotopic (exact) mass is 355 g/mol. The van der Waals surface area contributed by atoms with Crippen molar-refractivity contribution in [1.29, 1.82) is 0 Å². The second kappa shape index (κ2) is 6.29. The first-order valence-electron chi connectivity index (χ1n) is 5.19. The molecule has 0 saturated heterocycles.